The third-order valence-corrected chi connectivity index (χ3v) is 4.67. The maximum Gasteiger partial charge on any atom is 0.259 e. The molecular weight excluding hydrogens is 482 g/mol. The highest BCUT2D eigenvalue weighted by molar-refractivity contribution is 9.10. The van der Waals surface area contributed by atoms with E-state index in [2.05, 4.69) is 47.7 Å². The van der Waals surface area contributed by atoms with Gasteiger partial charge in [-0.2, -0.15) is 5.10 Å². The van der Waals surface area contributed by atoms with Crippen molar-refractivity contribution in [2.24, 2.45) is 5.10 Å². The van der Waals surface area contributed by atoms with Gasteiger partial charge in [0, 0.05) is 4.47 Å². The van der Waals surface area contributed by atoms with E-state index in [9.17, 15) is 9.59 Å². The third-order valence-electron chi connectivity index (χ3n) is 3.39. The average Bonchev–Trinajstić information content (AvgIpc) is 2.66. The molecule has 2 aromatic rings. The quantitative estimate of drug-likeness (QED) is 0.453. The molecule has 142 valence electrons. The summed E-state index contributed by atoms with van der Waals surface area (Å²) in [5.74, 6) is 0.283. The first-order valence-electron chi connectivity index (χ1n) is 7.72. The maximum absolute atomic E-state index is 12.0. The van der Waals surface area contributed by atoms with Crippen LogP contribution >= 0.6 is 31.9 Å². The van der Waals surface area contributed by atoms with E-state index in [1.54, 1.807) is 43.5 Å². The topological polar surface area (TPSA) is 89.0 Å². The predicted molar refractivity (Wildman–Crippen MR) is 109 cm³/mol. The maximum atomic E-state index is 12.0. The van der Waals surface area contributed by atoms with Crippen LogP contribution in [0.15, 0.2) is 50.4 Å². The Balaban J connectivity index is 1.91. The molecule has 2 rings (SSSR count). The second kappa shape index (κ2) is 10.1. The number of amides is 2. The molecule has 0 saturated heterocycles. The van der Waals surface area contributed by atoms with E-state index in [4.69, 9.17) is 9.47 Å². The van der Waals surface area contributed by atoms with E-state index < -0.39 is 5.91 Å². The summed E-state index contributed by atoms with van der Waals surface area (Å²) in [6.45, 7) is -0.201. The number of carbonyl (C=O) groups is 2. The summed E-state index contributed by atoms with van der Waals surface area (Å²) in [6, 6.07) is 10.4. The van der Waals surface area contributed by atoms with Crippen LogP contribution in [0, 0.1) is 0 Å². The molecule has 0 radical (unpaired) electrons. The summed E-state index contributed by atoms with van der Waals surface area (Å²) in [4.78, 5) is 23.9. The summed E-state index contributed by atoms with van der Waals surface area (Å²) in [5, 5.41) is 6.41. The Morgan fingerprint density at radius 2 is 1.85 bits per heavy atom. The van der Waals surface area contributed by atoms with Gasteiger partial charge in [-0.1, -0.05) is 12.1 Å². The summed E-state index contributed by atoms with van der Waals surface area (Å²) in [6.07, 6.45) is 1.46. The lowest BCUT2D eigenvalue weighted by Crippen LogP contribution is -2.35. The van der Waals surface area contributed by atoms with Crippen LogP contribution in [-0.4, -0.2) is 38.8 Å². The van der Waals surface area contributed by atoms with Crippen LogP contribution in [0.5, 0.6) is 11.5 Å². The van der Waals surface area contributed by atoms with Crippen LogP contribution in [0.1, 0.15) is 15.9 Å². The number of hydrazone groups is 1. The molecule has 27 heavy (non-hydrogen) atoms. The highest BCUT2D eigenvalue weighted by atomic mass is 79.9. The van der Waals surface area contributed by atoms with E-state index in [0.29, 0.717) is 31.6 Å². The molecule has 0 heterocycles. The number of ether oxygens (including phenoxy) is 2. The fourth-order valence-electron chi connectivity index (χ4n) is 2.13. The zero-order valence-corrected chi connectivity index (χ0v) is 17.8. The Bertz CT molecular complexity index is 872. The van der Waals surface area contributed by atoms with Crippen molar-refractivity contribution >= 4 is 49.9 Å². The number of hydrogen-bond donors (Lipinski definition) is 2. The smallest absolute Gasteiger partial charge is 0.259 e. The van der Waals surface area contributed by atoms with E-state index in [-0.39, 0.29) is 12.5 Å². The molecule has 0 spiro atoms. The van der Waals surface area contributed by atoms with Crippen molar-refractivity contribution in [3.05, 3.63) is 56.5 Å². The molecule has 2 amide bonds. The Morgan fingerprint density at radius 1 is 1.11 bits per heavy atom. The van der Waals surface area contributed by atoms with Gasteiger partial charge in [0.1, 0.15) is 0 Å². The summed E-state index contributed by atoms with van der Waals surface area (Å²) in [7, 11) is 3.07. The van der Waals surface area contributed by atoms with Gasteiger partial charge in [-0.15, -0.1) is 0 Å². The normalized spacial score (nSPS) is 10.5. The van der Waals surface area contributed by atoms with E-state index in [1.807, 2.05) is 0 Å². The zero-order chi connectivity index (χ0) is 19.8. The molecule has 2 N–H and O–H groups in total. The molecule has 0 aliphatic carbocycles. The molecule has 0 aliphatic rings. The van der Waals surface area contributed by atoms with Crippen molar-refractivity contribution in [2.45, 2.75) is 0 Å². The Kier molecular flexibility index (Phi) is 7.81. The van der Waals surface area contributed by atoms with Crippen molar-refractivity contribution < 1.29 is 19.1 Å². The fourth-order valence-corrected chi connectivity index (χ4v) is 3.22. The van der Waals surface area contributed by atoms with Gasteiger partial charge in [-0.05, 0) is 61.7 Å². The first kappa shape index (κ1) is 20.9. The molecule has 0 unspecified atom stereocenters. The minimum Gasteiger partial charge on any atom is -0.493 e. The van der Waals surface area contributed by atoms with Crippen LogP contribution in [0.3, 0.4) is 0 Å². The van der Waals surface area contributed by atoms with Gasteiger partial charge >= 0.3 is 0 Å². The van der Waals surface area contributed by atoms with Gasteiger partial charge in [-0.25, -0.2) is 5.43 Å². The predicted octanol–water partition coefficient (Wildman–Crippen LogP) is 3.11. The SMILES string of the molecule is COc1cc(C=NNC(=O)CNC(=O)c2ccccc2Br)cc(Br)c1OC. The second-order valence-corrected chi connectivity index (χ2v) is 6.90. The number of carbonyl (C=O) groups excluding carboxylic acids is 2. The Morgan fingerprint density at radius 3 is 2.52 bits per heavy atom. The number of methoxy groups -OCH3 is 2. The first-order valence-corrected chi connectivity index (χ1v) is 9.31. The van der Waals surface area contributed by atoms with Crippen molar-refractivity contribution in [2.75, 3.05) is 20.8 Å². The van der Waals surface area contributed by atoms with Gasteiger partial charge in [0.15, 0.2) is 11.5 Å². The van der Waals surface area contributed by atoms with Crippen LogP contribution in [0.25, 0.3) is 0 Å². The van der Waals surface area contributed by atoms with Gasteiger partial charge in [0.25, 0.3) is 11.8 Å². The van der Waals surface area contributed by atoms with E-state index in [1.165, 1.54) is 13.3 Å². The third kappa shape index (κ3) is 5.80. The van der Waals surface area contributed by atoms with Crippen molar-refractivity contribution in [1.29, 1.82) is 0 Å². The molecule has 0 aromatic heterocycles. The molecule has 0 aliphatic heterocycles. The molecule has 7 nitrogen and oxygen atoms in total. The molecule has 0 fully saturated rings. The van der Waals surface area contributed by atoms with Crippen LogP contribution < -0.4 is 20.2 Å². The van der Waals surface area contributed by atoms with Gasteiger partial charge < -0.3 is 14.8 Å². The zero-order valence-electron chi connectivity index (χ0n) is 14.6. The number of nitrogens with zero attached hydrogens (tertiary/aromatic N) is 1. The highest BCUT2D eigenvalue weighted by Crippen LogP contribution is 2.35. The van der Waals surface area contributed by atoms with Crippen molar-refractivity contribution in [3.8, 4) is 11.5 Å². The molecule has 0 bridgehead atoms. The number of nitrogens with one attached hydrogen (secondary N) is 2. The number of halogens is 2. The van der Waals surface area contributed by atoms with Gasteiger partial charge in [0.2, 0.25) is 0 Å². The Labute approximate surface area is 173 Å². The average molecular weight is 499 g/mol. The highest BCUT2D eigenvalue weighted by Gasteiger charge is 2.11. The lowest BCUT2D eigenvalue weighted by atomic mass is 10.2. The number of hydrogen-bond acceptors (Lipinski definition) is 5. The first-order chi connectivity index (χ1) is 13.0. The Hall–Kier alpha value is -2.39. The summed E-state index contributed by atoms with van der Waals surface area (Å²) in [5.41, 5.74) is 3.49. The van der Waals surface area contributed by atoms with Crippen LogP contribution in [0.4, 0.5) is 0 Å². The van der Waals surface area contributed by atoms with Gasteiger partial charge in [-0.3, -0.25) is 9.59 Å². The molecule has 2 aromatic carbocycles. The number of rotatable bonds is 7. The van der Waals surface area contributed by atoms with Gasteiger partial charge in [0.05, 0.1) is 37.0 Å². The number of benzene rings is 2. The standard InChI is InChI=1S/C18H17Br2N3O4/c1-26-15-8-11(7-14(20)17(15)27-2)9-22-23-16(24)10-21-18(25)12-5-3-4-6-13(12)19/h3-9H,10H2,1-2H3,(H,21,25)(H,23,24). The van der Waals surface area contributed by atoms with Crippen LogP contribution in [-0.2, 0) is 4.79 Å². The van der Waals surface area contributed by atoms with Crippen molar-refractivity contribution in [1.82, 2.24) is 10.7 Å². The fraction of sp³-hybridized carbons (Fsp3) is 0.167. The molecule has 0 atom stereocenters. The second-order valence-electron chi connectivity index (χ2n) is 5.19. The van der Waals surface area contributed by atoms with E-state index in [0.717, 1.165) is 0 Å². The summed E-state index contributed by atoms with van der Waals surface area (Å²) < 4.78 is 11.8. The molecule has 9 heteroatoms. The monoisotopic (exact) mass is 497 g/mol. The van der Waals surface area contributed by atoms with Crippen molar-refractivity contribution in [3.63, 3.8) is 0 Å². The lowest BCUT2D eigenvalue weighted by molar-refractivity contribution is -0.120. The minimum atomic E-state index is -0.453. The molecular formula is C18H17Br2N3O4. The minimum absolute atomic E-state index is 0.201. The van der Waals surface area contributed by atoms with E-state index >= 15 is 0 Å². The lowest BCUT2D eigenvalue weighted by Gasteiger charge is -2.10. The van der Waals surface area contributed by atoms with Crippen LogP contribution in [0.2, 0.25) is 0 Å². The largest absolute Gasteiger partial charge is 0.493 e. The summed E-state index contributed by atoms with van der Waals surface area (Å²) >= 11 is 6.67. The molecule has 0 saturated carbocycles.